The number of benzene rings is 2. The highest BCUT2D eigenvalue weighted by Gasteiger charge is 2.42. The van der Waals surface area contributed by atoms with Crippen LogP contribution in [0.15, 0.2) is 60.7 Å². The Morgan fingerprint density at radius 3 is 1.52 bits per heavy atom. The van der Waals surface area contributed by atoms with Crippen LogP contribution in [0.5, 0.6) is 0 Å². The van der Waals surface area contributed by atoms with Crippen LogP contribution in [0, 0.1) is 11.8 Å². The number of hydrogen-bond acceptors (Lipinski definition) is 6. The highest BCUT2D eigenvalue weighted by Crippen LogP contribution is 2.25. The second kappa shape index (κ2) is 11.3. The van der Waals surface area contributed by atoms with E-state index < -0.39 is 35.3 Å². The van der Waals surface area contributed by atoms with E-state index in [0.29, 0.717) is 0 Å². The Morgan fingerprint density at radius 2 is 1.16 bits per heavy atom. The van der Waals surface area contributed by atoms with Gasteiger partial charge in [0.15, 0.2) is 5.92 Å². The Balaban J connectivity index is 2.18. The molecule has 0 spiro atoms. The van der Waals surface area contributed by atoms with Crippen LogP contribution in [0.2, 0.25) is 0 Å². The smallest absolute Gasteiger partial charge is 0.321 e. The lowest BCUT2D eigenvalue weighted by atomic mass is 9.89. The Bertz CT molecular complexity index is 799. The molecule has 1 atom stereocenters. The largest absolute Gasteiger partial charge is 0.460 e. The van der Waals surface area contributed by atoms with Gasteiger partial charge in [0.25, 0.3) is 0 Å². The lowest BCUT2D eigenvalue weighted by molar-refractivity contribution is -0.177. The van der Waals surface area contributed by atoms with Crippen molar-refractivity contribution in [2.75, 3.05) is 0 Å². The van der Waals surface area contributed by atoms with E-state index in [-0.39, 0.29) is 19.6 Å². The van der Waals surface area contributed by atoms with E-state index in [0.717, 1.165) is 11.1 Å². The van der Waals surface area contributed by atoms with Gasteiger partial charge in [0.05, 0.1) is 5.92 Å². The molecule has 31 heavy (non-hydrogen) atoms. The predicted octanol–water partition coefficient (Wildman–Crippen LogP) is 4.46. The Labute approximate surface area is 183 Å². The predicted molar refractivity (Wildman–Crippen MR) is 116 cm³/mol. The summed E-state index contributed by atoms with van der Waals surface area (Å²) in [5.41, 5.74) is 0.798. The van der Waals surface area contributed by atoms with Gasteiger partial charge < -0.3 is 14.2 Å². The molecule has 6 heteroatoms. The van der Waals surface area contributed by atoms with Crippen molar-refractivity contribution < 1.29 is 28.6 Å². The molecule has 0 aliphatic rings. The monoisotopic (exact) mass is 426 g/mol. The van der Waals surface area contributed by atoms with Gasteiger partial charge >= 0.3 is 17.9 Å². The molecular formula is C25H30O6. The van der Waals surface area contributed by atoms with Gasteiger partial charge in [-0.2, -0.15) is 0 Å². The maximum absolute atomic E-state index is 12.9. The van der Waals surface area contributed by atoms with Crippen LogP contribution < -0.4 is 0 Å². The van der Waals surface area contributed by atoms with Gasteiger partial charge in [-0.3, -0.25) is 14.4 Å². The van der Waals surface area contributed by atoms with Crippen molar-refractivity contribution in [3.8, 4) is 0 Å². The van der Waals surface area contributed by atoms with Gasteiger partial charge in [0.2, 0.25) is 0 Å². The molecule has 0 aliphatic heterocycles. The molecule has 2 aromatic carbocycles. The van der Waals surface area contributed by atoms with Crippen molar-refractivity contribution in [3.63, 3.8) is 0 Å². The SMILES string of the molecule is CCC(C(=O)OC(C)(C)C)C(C(=O)OCc1ccccc1)C(=O)OCc1ccccc1. The van der Waals surface area contributed by atoms with E-state index in [2.05, 4.69) is 0 Å². The molecule has 0 N–H and O–H groups in total. The van der Waals surface area contributed by atoms with Crippen molar-refractivity contribution in [1.82, 2.24) is 0 Å². The molecule has 6 nitrogen and oxygen atoms in total. The summed E-state index contributed by atoms with van der Waals surface area (Å²) >= 11 is 0. The van der Waals surface area contributed by atoms with Crippen molar-refractivity contribution in [3.05, 3.63) is 71.8 Å². The molecule has 2 rings (SSSR count). The van der Waals surface area contributed by atoms with Crippen LogP contribution >= 0.6 is 0 Å². The van der Waals surface area contributed by atoms with Crippen LogP contribution in [-0.4, -0.2) is 23.5 Å². The molecule has 2 aromatic rings. The fourth-order valence-electron chi connectivity index (χ4n) is 2.98. The topological polar surface area (TPSA) is 78.9 Å². The first kappa shape index (κ1) is 24.1. The quantitative estimate of drug-likeness (QED) is 0.335. The maximum atomic E-state index is 12.9. The summed E-state index contributed by atoms with van der Waals surface area (Å²) in [4.78, 5) is 38.6. The number of carbonyl (C=O) groups excluding carboxylic acids is 3. The average Bonchev–Trinajstić information content (AvgIpc) is 2.74. The van der Waals surface area contributed by atoms with E-state index in [9.17, 15) is 14.4 Å². The summed E-state index contributed by atoms with van der Waals surface area (Å²) in [6.07, 6.45) is 0.223. The summed E-state index contributed by atoms with van der Waals surface area (Å²) in [6, 6.07) is 18.2. The summed E-state index contributed by atoms with van der Waals surface area (Å²) in [6.45, 7) is 6.90. The van der Waals surface area contributed by atoms with E-state index in [1.165, 1.54) is 0 Å². The van der Waals surface area contributed by atoms with Gasteiger partial charge in [-0.25, -0.2) is 0 Å². The van der Waals surface area contributed by atoms with Crippen LogP contribution in [0.3, 0.4) is 0 Å². The van der Waals surface area contributed by atoms with Gasteiger partial charge in [-0.1, -0.05) is 67.6 Å². The van der Waals surface area contributed by atoms with Crippen LogP contribution in [0.25, 0.3) is 0 Å². The zero-order chi connectivity index (χ0) is 22.9. The molecule has 0 saturated heterocycles. The first-order chi connectivity index (χ1) is 14.7. The number of hydrogen-bond donors (Lipinski definition) is 0. The molecule has 0 radical (unpaired) electrons. The van der Waals surface area contributed by atoms with Gasteiger partial charge in [0.1, 0.15) is 18.8 Å². The normalized spacial score (nSPS) is 12.2. The number of ether oxygens (including phenoxy) is 3. The second-order valence-electron chi connectivity index (χ2n) is 8.21. The van der Waals surface area contributed by atoms with E-state index in [1.807, 2.05) is 36.4 Å². The highest BCUT2D eigenvalue weighted by molar-refractivity contribution is 5.99. The average molecular weight is 427 g/mol. The molecule has 166 valence electrons. The highest BCUT2D eigenvalue weighted by atomic mass is 16.6. The molecule has 0 amide bonds. The minimum absolute atomic E-state index is 0.00705. The van der Waals surface area contributed by atoms with Gasteiger partial charge in [-0.05, 0) is 38.3 Å². The van der Waals surface area contributed by atoms with Crippen LogP contribution in [0.1, 0.15) is 45.2 Å². The first-order valence-corrected chi connectivity index (χ1v) is 10.3. The van der Waals surface area contributed by atoms with E-state index in [1.54, 1.807) is 52.0 Å². The van der Waals surface area contributed by atoms with E-state index in [4.69, 9.17) is 14.2 Å². The van der Waals surface area contributed by atoms with Gasteiger partial charge in [0, 0.05) is 0 Å². The lowest BCUT2D eigenvalue weighted by Crippen LogP contribution is -2.40. The summed E-state index contributed by atoms with van der Waals surface area (Å²) in [5.74, 6) is -4.66. The van der Waals surface area contributed by atoms with Crippen LogP contribution in [-0.2, 0) is 41.8 Å². The standard InChI is InChI=1S/C25H30O6/c1-5-20(22(26)31-25(2,3)4)21(23(27)29-16-18-12-8-6-9-13-18)24(28)30-17-19-14-10-7-11-15-19/h6-15,20-21H,5,16-17H2,1-4H3. The number of carbonyl (C=O) groups is 3. The molecule has 1 unspecified atom stereocenters. The zero-order valence-corrected chi connectivity index (χ0v) is 18.5. The maximum Gasteiger partial charge on any atom is 0.321 e. The van der Waals surface area contributed by atoms with Crippen LogP contribution in [0.4, 0.5) is 0 Å². The number of esters is 3. The zero-order valence-electron chi connectivity index (χ0n) is 18.5. The van der Waals surface area contributed by atoms with Crippen molar-refractivity contribution in [2.45, 2.75) is 52.9 Å². The minimum atomic E-state index is -1.41. The lowest BCUT2D eigenvalue weighted by Gasteiger charge is -2.26. The first-order valence-electron chi connectivity index (χ1n) is 10.3. The Hall–Kier alpha value is -3.15. The molecule has 0 saturated carbocycles. The third-order valence-electron chi connectivity index (χ3n) is 4.51. The Morgan fingerprint density at radius 1 is 0.742 bits per heavy atom. The summed E-state index contributed by atoms with van der Waals surface area (Å²) in [5, 5.41) is 0. The Kier molecular flexibility index (Phi) is 8.79. The second-order valence-corrected chi connectivity index (χ2v) is 8.21. The summed E-state index contributed by atoms with van der Waals surface area (Å²) < 4.78 is 16.2. The molecule has 0 bridgehead atoms. The summed E-state index contributed by atoms with van der Waals surface area (Å²) in [7, 11) is 0. The van der Waals surface area contributed by atoms with Crippen molar-refractivity contribution in [2.24, 2.45) is 11.8 Å². The number of rotatable bonds is 9. The van der Waals surface area contributed by atoms with Crippen molar-refractivity contribution >= 4 is 17.9 Å². The fraction of sp³-hybridized carbons (Fsp3) is 0.400. The molecule has 0 fully saturated rings. The van der Waals surface area contributed by atoms with Gasteiger partial charge in [-0.15, -0.1) is 0 Å². The molecule has 0 aromatic heterocycles. The third kappa shape index (κ3) is 7.89. The molecule has 0 aliphatic carbocycles. The third-order valence-corrected chi connectivity index (χ3v) is 4.51. The minimum Gasteiger partial charge on any atom is -0.460 e. The molecular weight excluding hydrogens is 396 g/mol. The van der Waals surface area contributed by atoms with Crippen molar-refractivity contribution in [1.29, 1.82) is 0 Å². The van der Waals surface area contributed by atoms with E-state index >= 15 is 0 Å². The molecule has 0 heterocycles. The fourth-order valence-corrected chi connectivity index (χ4v) is 2.98.